The number of furan rings is 1. The Morgan fingerprint density at radius 2 is 2.06 bits per heavy atom. The minimum absolute atomic E-state index is 0.0854. The molecule has 1 aromatic heterocycles. The number of carbonyl (C=O) groups excluding carboxylic acids is 1. The third-order valence-electron chi connectivity index (χ3n) is 3.36. The zero-order chi connectivity index (χ0) is 13.3. The fourth-order valence-corrected chi connectivity index (χ4v) is 2.17. The van der Waals surface area contributed by atoms with Gasteiger partial charge in [-0.15, -0.1) is 0 Å². The zero-order valence-corrected chi connectivity index (χ0v) is 11.5. The highest BCUT2D eigenvalue weighted by molar-refractivity contribution is 5.81. The van der Waals surface area contributed by atoms with E-state index in [0.29, 0.717) is 6.04 Å². The smallest absolute Gasteiger partial charge is 0.237 e. The zero-order valence-electron chi connectivity index (χ0n) is 11.5. The predicted octanol–water partition coefficient (Wildman–Crippen LogP) is 2.21. The molecular weight excluding hydrogens is 228 g/mol. The summed E-state index contributed by atoms with van der Waals surface area (Å²) < 4.78 is 5.51. The molecule has 2 rings (SSSR count). The summed E-state index contributed by atoms with van der Waals surface area (Å²) in [6, 6.07) is 2.37. The maximum absolute atomic E-state index is 11.9. The van der Waals surface area contributed by atoms with Crippen molar-refractivity contribution in [1.82, 2.24) is 10.6 Å². The Morgan fingerprint density at radius 3 is 2.56 bits per heavy atom. The van der Waals surface area contributed by atoms with Gasteiger partial charge in [0, 0.05) is 17.6 Å². The first-order valence-corrected chi connectivity index (χ1v) is 6.60. The molecule has 1 aromatic rings. The monoisotopic (exact) mass is 250 g/mol. The van der Waals surface area contributed by atoms with E-state index in [1.165, 1.54) is 0 Å². The van der Waals surface area contributed by atoms with Gasteiger partial charge in [-0.2, -0.15) is 0 Å². The van der Waals surface area contributed by atoms with Crippen LogP contribution in [-0.4, -0.2) is 18.0 Å². The van der Waals surface area contributed by atoms with Gasteiger partial charge < -0.3 is 9.73 Å². The van der Waals surface area contributed by atoms with Gasteiger partial charge in [-0.25, -0.2) is 0 Å². The largest absolute Gasteiger partial charge is 0.466 e. The Bertz CT molecular complexity index is 435. The van der Waals surface area contributed by atoms with E-state index in [1.54, 1.807) is 0 Å². The fourth-order valence-electron chi connectivity index (χ4n) is 2.17. The van der Waals surface area contributed by atoms with Crippen LogP contribution in [0.15, 0.2) is 10.5 Å². The number of aryl methyl sites for hydroxylation is 2. The summed E-state index contributed by atoms with van der Waals surface area (Å²) in [6.45, 7) is 7.84. The summed E-state index contributed by atoms with van der Waals surface area (Å²) in [5.41, 5.74) is 1.12. The van der Waals surface area contributed by atoms with E-state index in [4.69, 9.17) is 4.42 Å². The van der Waals surface area contributed by atoms with Crippen LogP contribution in [0, 0.1) is 13.8 Å². The third-order valence-corrected chi connectivity index (χ3v) is 3.36. The van der Waals surface area contributed by atoms with Crippen molar-refractivity contribution in [3.8, 4) is 0 Å². The van der Waals surface area contributed by atoms with E-state index in [1.807, 2.05) is 26.8 Å². The highest BCUT2D eigenvalue weighted by atomic mass is 16.3. The topological polar surface area (TPSA) is 54.3 Å². The van der Waals surface area contributed by atoms with Gasteiger partial charge in [-0.1, -0.05) is 0 Å². The van der Waals surface area contributed by atoms with E-state index in [2.05, 4.69) is 17.6 Å². The third kappa shape index (κ3) is 3.13. The van der Waals surface area contributed by atoms with Crippen molar-refractivity contribution in [3.63, 3.8) is 0 Å². The van der Waals surface area contributed by atoms with Crippen LogP contribution in [0.25, 0.3) is 0 Å². The average Bonchev–Trinajstić information content (AvgIpc) is 3.02. The molecule has 0 radical (unpaired) electrons. The summed E-state index contributed by atoms with van der Waals surface area (Å²) in [6.07, 6.45) is 2.24. The lowest BCUT2D eigenvalue weighted by Gasteiger charge is -2.19. The summed E-state index contributed by atoms with van der Waals surface area (Å²) in [7, 11) is 0. The lowest BCUT2D eigenvalue weighted by molar-refractivity contribution is -0.123. The van der Waals surface area contributed by atoms with E-state index in [0.717, 1.165) is 29.9 Å². The van der Waals surface area contributed by atoms with Gasteiger partial charge in [0.2, 0.25) is 5.91 Å². The molecule has 4 nitrogen and oxygen atoms in total. The van der Waals surface area contributed by atoms with Gasteiger partial charge in [0.05, 0.1) is 6.04 Å². The first kappa shape index (κ1) is 13.1. The maximum Gasteiger partial charge on any atom is 0.237 e. The van der Waals surface area contributed by atoms with Crippen molar-refractivity contribution < 1.29 is 9.21 Å². The number of hydrogen-bond donors (Lipinski definition) is 2. The lowest BCUT2D eigenvalue weighted by Crippen LogP contribution is -2.43. The number of hydrogen-bond acceptors (Lipinski definition) is 3. The molecule has 0 bridgehead atoms. The summed E-state index contributed by atoms with van der Waals surface area (Å²) in [5, 5.41) is 6.32. The molecule has 18 heavy (non-hydrogen) atoms. The van der Waals surface area contributed by atoms with E-state index >= 15 is 0 Å². The van der Waals surface area contributed by atoms with Crippen molar-refractivity contribution in [2.75, 3.05) is 0 Å². The Balaban J connectivity index is 1.91. The standard InChI is InChI=1S/C14H22N2O2/c1-8-7-13(11(4)18-8)9(2)15-10(3)14(17)16-12-5-6-12/h7,9-10,12,15H,5-6H2,1-4H3,(H,16,17). The molecule has 1 saturated carbocycles. The molecule has 4 heteroatoms. The van der Waals surface area contributed by atoms with E-state index in [-0.39, 0.29) is 18.0 Å². The quantitative estimate of drug-likeness (QED) is 0.842. The molecule has 0 aromatic carbocycles. The summed E-state index contributed by atoms with van der Waals surface area (Å²) in [4.78, 5) is 11.9. The maximum atomic E-state index is 11.9. The Kier molecular flexibility index (Phi) is 3.76. The average molecular weight is 250 g/mol. The molecule has 0 aliphatic heterocycles. The van der Waals surface area contributed by atoms with Crippen molar-refractivity contribution in [1.29, 1.82) is 0 Å². The van der Waals surface area contributed by atoms with Crippen LogP contribution < -0.4 is 10.6 Å². The number of amides is 1. The molecule has 0 saturated heterocycles. The second-order valence-corrected chi connectivity index (χ2v) is 5.26. The predicted molar refractivity (Wildman–Crippen MR) is 70.4 cm³/mol. The molecule has 2 atom stereocenters. The van der Waals surface area contributed by atoms with Crippen LogP contribution in [0.4, 0.5) is 0 Å². The van der Waals surface area contributed by atoms with E-state index < -0.39 is 0 Å². The van der Waals surface area contributed by atoms with Gasteiger partial charge in [-0.05, 0) is 46.6 Å². The molecule has 2 N–H and O–H groups in total. The Morgan fingerprint density at radius 1 is 1.39 bits per heavy atom. The summed E-state index contributed by atoms with van der Waals surface area (Å²) in [5.74, 6) is 1.91. The van der Waals surface area contributed by atoms with Crippen LogP contribution >= 0.6 is 0 Å². The molecule has 100 valence electrons. The molecule has 1 amide bonds. The highest BCUT2D eigenvalue weighted by Gasteiger charge is 2.26. The van der Waals surface area contributed by atoms with Gasteiger partial charge in [-0.3, -0.25) is 10.1 Å². The molecule has 2 unspecified atom stereocenters. The fraction of sp³-hybridized carbons (Fsp3) is 0.643. The van der Waals surface area contributed by atoms with Gasteiger partial charge in [0.1, 0.15) is 11.5 Å². The van der Waals surface area contributed by atoms with Crippen molar-refractivity contribution in [3.05, 3.63) is 23.2 Å². The van der Waals surface area contributed by atoms with Crippen LogP contribution in [0.3, 0.4) is 0 Å². The number of nitrogens with one attached hydrogen (secondary N) is 2. The van der Waals surface area contributed by atoms with Gasteiger partial charge in [0.15, 0.2) is 0 Å². The van der Waals surface area contributed by atoms with Crippen LogP contribution in [0.1, 0.15) is 49.8 Å². The Labute approximate surface area is 108 Å². The van der Waals surface area contributed by atoms with Crippen LogP contribution in [0.2, 0.25) is 0 Å². The molecular formula is C14H22N2O2. The number of rotatable bonds is 5. The first-order chi connectivity index (χ1) is 8.47. The molecule has 1 aliphatic carbocycles. The Hall–Kier alpha value is -1.29. The van der Waals surface area contributed by atoms with Crippen molar-refractivity contribution >= 4 is 5.91 Å². The van der Waals surface area contributed by atoms with Gasteiger partial charge in [0.25, 0.3) is 0 Å². The van der Waals surface area contributed by atoms with Crippen LogP contribution in [0.5, 0.6) is 0 Å². The molecule has 1 heterocycles. The highest BCUT2D eigenvalue weighted by Crippen LogP contribution is 2.22. The number of carbonyl (C=O) groups is 1. The van der Waals surface area contributed by atoms with Crippen molar-refractivity contribution in [2.45, 2.75) is 58.7 Å². The van der Waals surface area contributed by atoms with Gasteiger partial charge >= 0.3 is 0 Å². The minimum Gasteiger partial charge on any atom is -0.466 e. The lowest BCUT2D eigenvalue weighted by atomic mass is 10.1. The second-order valence-electron chi connectivity index (χ2n) is 5.26. The molecule has 1 fully saturated rings. The first-order valence-electron chi connectivity index (χ1n) is 6.60. The van der Waals surface area contributed by atoms with Crippen molar-refractivity contribution in [2.24, 2.45) is 0 Å². The SMILES string of the molecule is Cc1cc(C(C)NC(C)C(=O)NC2CC2)c(C)o1. The minimum atomic E-state index is -0.185. The van der Waals surface area contributed by atoms with Crippen LogP contribution in [-0.2, 0) is 4.79 Å². The second kappa shape index (κ2) is 5.14. The van der Waals surface area contributed by atoms with E-state index in [9.17, 15) is 4.79 Å². The summed E-state index contributed by atoms with van der Waals surface area (Å²) >= 11 is 0. The molecule has 0 spiro atoms. The molecule has 1 aliphatic rings. The normalized spacial score (nSPS) is 18.4.